The first-order chi connectivity index (χ1) is 15.0. The summed E-state index contributed by atoms with van der Waals surface area (Å²) >= 11 is 6.11. The molecule has 0 atom stereocenters. The van der Waals surface area contributed by atoms with Gasteiger partial charge in [-0.15, -0.1) is 0 Å². The Morgan fingerprint density at radius 3 is 2.45 bits per heavy atom. The lowest BCUT2D eigenvalue weighted by Gasteiger charge is -2.26. The first-order valence-corrected chi connectivity index (χ1v) is 10.2. The van der Waals surface area contributed by atoms with Crippen LogP contribution < -0.4 is 4.90 Å². The fourth-order valence-corrected chi connectivity index (χ4v) is 4.01. The van der Waals surface area contributed by atoms with Crippen LogP contribution in [-0.4, -0.2) is 37.1 Å². The second kappa shape index (κ2) is 7.52. The van der Waals surface area contributed by atoms with E-state index >= 15 is 0 Å². The van der Waals surface area contributed by atoms with Crippen molar-refractivity contribution in [2.24, 2.45) is 0 Å². The van der Waals surface area contributed by atoms with Crippen molar-refractivity contribution in [2.75, 3.05) is 11.4 Å². The summed E-state index contributed by atoms with van der Waals surface area (Å²) in [5.41, 5.74) is 5.04. The normalized spacial score (nSPS) is 12.8. The minimum Gasteiger partial charge on any atom is -0.478 e. The number of halogens is 1. The lowest BCUT2D eigenvalue weighted by Crippen LogP contribution is -2.19. The molecule has 31 heavy (non-hydrogen) atoms. The fourth-order valence-electron chi connectivity index (χ4n) is 3.89. The van der Waals surface area contributed by atoms with E-state index in [4.69, 9.17) is 16.7 Å². The Kier molecular flexibility index (Phi) is 4.67. The predicted octanol–water partition coefficient (Wildman–Crippen LogP) is 4.68. The number of aryl methyl sites for hydroxylation is 1. The van der Waals surface area contributed by atoms with Gasteiger partial charge < -0.3 is 10.0 Å². The van der Waals surface area contributed by atoms with E-state index in [1.807, 2.05) is 55.6 Å². The number of benzene rings is 2. The van der Waals surface area contributed by atoms with E-state index in [9.17, 15) is 4.79 Å². The SMILES string of the molecule is Cc1ncc2n1-c1ccc(-c3ncc(C(=O)O)cn3)cc1N(c1ccc(Cl)cc1)CC2. The number of fused-ring (bicyclic) bond motifs is 3. The number of rotatable bonds is 3. The average molecular weight is 432 g/mol. The van der Waals surface area contributed by atoms with Crippen LogP contribution in [0.1, 0.15) is 21.9 Å². The summed E-state index contributed by atoms with van der Waals surface area (Å²) in [4.78, 5) is 26.4. The summed E-state index contributed by atoms with van der Waals surface area (Å²) in [5, 5.41) is 9.80. The lowest BCUT2D eigenvalue weighted by molar-refractivity contribution is 0.0696. The number of carboxylic acid groups (broad SMARTS) is 1. The largest absolute Gasteiger partial charge is 0.478 e. The first kappa shape index (κ1) is 19.3. The van der Waals surface area contributed by atoms with Crippen LogP contribution in [0, 0.1) is 6.92 Å². The van der Waals surface area contributed by atoms with Crippen molar-refractivity contribution < 1.29 is 9.90 Å². The molecule has 0 fully saturated rings. The summed E-state index contributed by atoms with van der Waals surface area (Å²) in [5.74, 6) is 0.338. The zero-order chi connectivity index (χ0) is 21.5. The van der Waals surface area contributed by atoms with E-state index in [0.29, 0.717) is 10.8 Å². The molecule has 154 valence electrons. The minimum absolute atomic E-state index is 0.0555. The molecular formula is C23H18ClN5O2. The smallest absolute Gasteiger partial charge is 0.338 e. The molecule has 0 amide bonds. The molecule has 1 aliphatic rings. The average Bonchev–Trinajstić information content (AvgIpc) is 3.06. The van der Waals surface area contributed by atoms with E-state index in [2.05, 4.69) is 24.4 Å². The highest BCUT2D eigenvalue weighted by molar-refractivity contribution is 6.30. The summed E-state index contributed by atoms with van der Waals surface area (Å²) in [6, 6.07) is 13.8. The summed E-state index contributed by atoms with van der Waals surface area (Å²) in [6.07, 6.45) is 5.40. The molecule has 0 unspecified atom stereocenters. The molecule has 7 nitrogen and oxygen atoms in total. The standard InChI is InChI=1S/C23H18ClN5O2/c1-14-25-13-19-8-9-28(18-5-3-17(24)4-6-18)21-10-15(2-7-20(21)29(14)19)22-26-11-16(12-27-22)23(30)31/h2-7,10-13H,8-9H2,1H3,(H,30,31). The molecule has 0 saturated heterocycles. The second-order valence-electron chi connectivity index (χ2n) is 7.31. The molecule has 3 heterocycles. The molecule has 5 rings (SSSR count). The van der Waals surface area contributed by atoms with Crippen LogP contribution in [0.25, 0.3) is 17.1 Å². The van der Waals surface area contributed by atoms with Crippen LogP contribution in [0.2, 0.25) is 5.02 Å². The highest BCUT2D eigenvalue weighted by atomic mass is 35.5. The van der Waals surface area contributed by atoms with Crippen molar-refractivity contribution in [1.82, 2.24) is 19.5 Å². The Morgan fingerprint density at radius 2 is 1.74 bits per heavy atom. The molecule has 0 spiro atoms. The molecule has 8 heteroatoms. The van der Waals surface area contributed by atoms with Gasteiger partial charge in [0.2, 0.25) is 0 Å². The summed E-state index contributed by atoms with van der Waals surface area (Å²) in [6.45, 7) is 2.76. The van der Waals surface area contributed by atoms with Gasteiger partial charge in [0, 0.05) is 53.5 Å². The van der Waals surface area contributed by atoms with Gasteiger partial charge in [-0.3, -0.25) is 4.57 Å². The zero-order valence-corrected chi connectivity index (χ0v) is 17.4. The number of imidazole rings is 1. The van der Waals surface area contributed by atoms with Gasteiger partial charge in [0.15, 0.2) is 5.82 Å². The molecule has 0 aliphatic carbocycles. The zero-order valence-electron chi connectivity index (χ0n) is 16.7. The third kappa shape index (κ3) is 3.43. The minimum atomic E-state index is -1.05. The van der Waals surface area contributed by atoms with Crippen LogP contribution in [0.5, 0.6) is 0 Å². The second-order valence-corrected chi connectivity index (χ2v) is 7.75. The van der Waals surface area contributed by atoms with E-state index < -0.39 is 5.97 Å². The number of aromatic carboxylic acids is 1. The van der Waals surface area contributed by atoms with Gasteiger partial charge in [0.25, 0.3) is 0 Å². The lowest BCUT2D eigenvalue weighted by atomic mass is 10.1. The fraction of sp³-hybridized carbons (Fsp3) is 0.130. The maximum absolute atomic E-state index is 11.1. The molecule has 2 aromatic carbocycles. The Labute approximate surface area is 183 Å². The molecule has 1 aliphatic heterocycles. The van der Waals surface area contributed by atoms with Crippen molar-refractivity contribution in [3.05, 3.63) is 83.2 Å². The molecule has 0 bridgehead atoms. The van der Waals surface area contributed by atoms with Crippen molar-refractivity contribution in [3.8, 4) is 17.1 Å². The quantitative estimate of drug-likeness (QED) is 0.507. The Hall–Kier alpha value is -3.71. The van der Waals surface area contributed by atoms with Gasteiger partial charge in [-0.25, -0.2) is 19.7 Å². The maximum Gasteiger partial charge on any atom is 0.338 e. The van der Waals surface area contributed by atoms with Crippen molar-refractivity contribution >= 4 is 28.9 Å². The highest BCUT2D eigenvalue weighted by Gasteiger charge is 2.23. The van der Waals surface area contributed by atoms with E-state index in [-0.39, 0.29) is 5.56 Å². The topological polar surface area (TPSA) is 84.1 Å². The molecule has 2 aromatic heterocycles. The Bertz CT molecular complexity index is 1280. The van der Waals surface area contributed by atoms with Crippen molar-refractivity contribution in [2.45, 2.75) is 13.3 Å². The third-order valence-corrected chi connectivity index (χ3v) is 5.66. The predicted molar refractivity (Wildman–Crippen MR) is 118 cm³/mol. The number of anilines is 2. The number of hydrogen-bond acceptors (Lipinski definition) is 5. The number of carbonyl (C=O) groups is 1. The van der Waals surface area contributed by atoms with Crippen LogP contribution in [0.15, 0.2) is 61.1 Å². The number of aromatic nitrogens is 4. The Morgan fingerprint density at radius 1 is 1.00 bits per heavy atom. The van der Waals surface area contributed by atoms with Crippen molar-refractivity contribution in [1.29, 1.82) is 0 Å². The van der Waals surface area contributed by atoms with E-state index in [0.717, 1.165) is 47.1 Å². The van der Waals surface area contributed by atoms with Gasteiger partial charge >= 0.3 is 5.97 Å². The molecule has 0 saturated carbocycles. The maximum atomic E-state index is 11.1. The highest BCUT2D eigenvalue weighted by Crippen LogP contribution is 2.37. The molecule has 4 aromatic rings. The molecule has 0 radical (unpaired) electrons. The molecule has 1 N–H and O–H groups in total. The Balaban J connectivity index is 1.67. The number of carboxylic acids is 1. The van der Waals surface area contributed by atoms with Crippen LogP contribution in [-0.2, 0) is 6.42 Å². The first-order valence-electron chi connectivity index (χ1n) is 9.78. The van der Waals surface area contributed by atoms with E-state index in [1.165, 1.54) is 12.4 Å². The van der Waals surface area contributed by atoms with Crippen LogP contribution in [0.4, 0.5) is 11.4 Å². The van der Waals surface area contributed by atoms with Gasteiger partial charge in [0.1, 0.15) is 5.82 Å². The third-order valence-electron chi connectivity index (χ3n) is 5.41. The van der Waals surface area contributed by atoms with Gasteiger partial charge in [-0.05, 0) is 49.4 Å². The van der Waals surface area contributed by atoms with Gasteiger partial charge in [0.05, 0.1) is 16.9 Å². The summed E-state index contributed by atoms with van der Waals surface area (Å²) in [7, 11) is 0. The van der Waals surface area contributed by atoms with Crippen LogP contribution in [0.3, 0.4) is 0 Å². The van der Waals surface area contributed by atoms with Gasteiger partial charge in [-0.1, -0.05) is 11.6 Å². The molecular weight excluding hydrogens is 414 g/mol. The number of nitrogens with zero attached hydrogens (tertiary/aromatic N) is 5. The van der Waals surface area contributed by atoms with Crippen molar-refractivity contribution in [3.63, 3.8) is 0 Å². The van der Waals surface area contributed by atoms with E-state index in [1.54, 1.807) is 0 Å². The summed E-state index contributed by atoms with van der Waals surface area (Å²) < 4.78 is 2.17. The monoisotopic (exact) mass is 431 g/mol. The van der Waals surface area contributed by atoms with Gasteiger partial charge in [-0.2, -0.15) is 0 Å². The van der Waals surface area contributed by atoms with Crippen LogP contribution >= 0.6 is 11.6 Å². The number of hydrogen-bond donors (Lipinski definition) is 1.